The quantitative estimate of drug-likeness (QED) is 0.682. The highest BCUT2D eigenvalue weighted by molar-refractivity contribution is 5.27. The zero-order chi connectivity index (χ0) is 15.0. The third-order valence-corrected chi connectivity index (χ3v) is 3.79. The summed E-state index contributed by atoms with van der Waals surface area (Å²) in [5.74, 6) is 0. The Bertz CT molecular complexity index is 547. The SMILES string of the molecule is C=CCC(CC=C)(NCc1ccccc1)c1ccccc1. The Morgan fingerprint density at radius 3 is 1.86 bits per heavy atom. The molecule has 0 heterocycles. The van der Waals surface area contributed by atoms with Gasteiger partial charge in [-0.15, -0.1) is 13.2 Å². The van der Waals surface area contributed by atoms with Crippen molar-refractivity contribution in [2.75, 3.05) is 0 Å². The van der Waals surface area contributed by atoms with Crippen molar-refractivity contribution in [2.24, 2.45) is 0 Å². The summed E-state index contributed by atoms with van der Waals surface area (Å²) in [4.78, 5) is 0. The summed E-state index contributed by atoms with van der Waals surface area (Å²) >= 11 is 0. The van der Waals surface area contributed by atoms with E-state index >= 15 is 0 Å². The number of hydrogen-bond acceptors (Lipinski definition) is 1. The highest BCUT2D eigenvalue weighted by Crippen LogP contribution is 2.30. The number of hydrogen-bond donors (Lipinski definition) is 1. The van der Waals surface area contributed by atoms with Crippen LogP contribution < -0.4 is 5.32 Å². The van der Waals surface area contributed by atoms with Gasteiger partial charge >= 0.3 is 0 Å². The van der Waals surface area contributed by atoms with Gasteiger partial charge in [0, 0.05) is 6.54 Å². The maximum atomic E-state index is 3.93. The van der Waals surface area contributed by atoms with E-state index < -0.39 is 0 Å². The van der Waals surface area contributed by atoms with E-state index in [-0.39, 0.29) is 5.54 Å². The summed E-state index contributed by atoms with van der Waals surface area (Å²) in [7, 11) is 0. The highest BCUT2D eigenvalue weighted by atomic mass is 15.0. The molecule has 0 fully saturated rings. The molecule has 108 valence electrons. The van der Waals surface area contributed by atoms with Crippen LogP contribution in [0.3, 0.4) is 0 Å². The van der Waals surface area contributed by atoms with Crippen LogP contribution in [0.2, 0.25) is 0 Å². The molecule has 21 heavy (non-hydrogen) atoms. The maximum Gasteiger partial charge on any atom is 0.0506 e. The van der Waals surface area contributed by atoms with E-state index in [1.54, 1.807) is 0 Å². The Labute approximate surface area is 128 Å². The summed E-state index contributed by atoms with van der Waals surface area (Å²) in [6, 6.07) is 21.0. The molecule has 0 aromatic heterocycles. The average molecular weight is 277 g/mol. The molecule has 0 amide bonds. The van der Waals surface area contributed by atoms with Gasteiger partial charge in [-0.2, -0.15) is 0 Å². The van der Waals surface area contributed by atoms with Crippen molar-refractivity contribution in [3.63, 3.8) is 0 Å². The van der Waals surface area contributed by atoms with Gasteiger partial charge in [-0.3, -0.25) is 0 Å². The monoisotopic (exact) mass is 277 g/mol. The molecule has 2 aromatic carbocycles. The van der Waals surface area contributed by atoms with Gasteiger partial charge in [0.25, 0.3) is 0 Å². The molecule has 1 heteroatoms. The van der Waals surface area contributed by atoms with Crippen molar-refractivity contribution in [1.29, 1.82) is 0 Å². The minimum absolute atomic E-state index is 0.138. The van der Waals surface area contributed by atoms with Gasteiger partial charge in [0.05, 0.1) is 5.54 Å². The fourth-order valence-corrected chi connectivity index (χ4v) is 2.68. The highest BCUT2D eigenvalue weighted by Gasteiger charge is 2.28. The molecule has 0 aliphatic heterocycles. The lowest BCUT2D eigenvalue weighted by atomic mass is 9.83. The van der Waals surface area contributed by atoms with E-state index in [9.17, 15) is 0 Å². The topological polar surface area (TPSA) is 12.0 Å². The van der Waals surface area contributed by atoms with Crippen LogP contribution in [-0.4, -0.2) is 0 Å². The van der Waals surface area contributed by atoms with Gasteiger partial charge in [0.1, 0.15) is 0 Å². The average Bonchev–Trinajstić information content (AvgIpc) is 2.55. The molecule has 0 aliphatic rings. The molecule has 2 aromatic rings. The molecular weight excluding hydrogens is 254 g/mol. The van der Waals surface area contributed by atoms with Crippen LogP contribution in [0.15, 0.2) is 86.0 Å². The maximum absolute atomic E-state index is 3.93. The Balaban J connectivity index is 2.26. The standard InChI is InChI=1S/C20H23N/c1-3-15-20(16-4-2,19-13-9-6-10-14-19)21-17-18-11-7-5-8-12-18/h3-14,21H,1-2,15-17H2. The van der Waals surface area contributed by atoms with Gasteiger partial charge in [0.2, 0.25) is 0 Å². The molecule has 1 N–H and O–H groups in total. The molecule has 2 rings (SSSR count). The van der Waals surface area contributed by atoms with Crippen LogP contribution >= 0.6 is 0 Å². The fourth-order valence-electron chi connectivity index (χ4n) is 2.68. The number of nitrogens with one attached hydrogen (secondary N) is 1. The zero-order valence-corrected chi connectivity index (χ0v) is 12.5. The lowest BCUT2D eigenvalue weighted by Crippen LogP contribution is -2.41. The number of benzene rings is 2. The van der Waals surface area contributed by atoms with Crippen LogP contribution in [0, 0.1) is 0 Å². The first-order valence-corrected chi connectivity index (χ1v) is 7.37. The minimum Gasteiger partial charge on any atom is -0.303 e. The zero-order valence-electron chi connectivity index (χ0n) is 12.5. The smallest absolute Gasteiger partial charge is 0.0506 e. The molecule has 0 atom stereocenters. The van der Waals surface area contributed by atoms with Crippen LogP contribution in [0.25, 0.3) is 0 Å². The molecule has 0 radical (unpaired) electrons. The van der Waals surface area contributed by atoms with Crippen molar-refractivity contribution < 1.29 is 0 Å². The Morgan fingerprint density at radius 2 is 1.33 bits per heavy atom. The molecule has 0 spiro atoms. The molecule has 0 bridgehead atoms. The summed E-state index contributed by atoms with van der Waals surface area (Å²) in [6.45, 7) is 8.70. The normalized spacial score (nSPS) is 11.0. The van der Waals surface area contributed by atoms with Crippen LogP contribution in [0.5, 0.6) is 0 Å². The van der Waals surface area contributed by atoms with E-state index in [0.717, 1.165) is 19.4 Å². The summed E-state index contributed by atoms with van der Waals surface area (Å²) < 4.78 is 0. The molecular formula is C20H23N. The Morgan fingerprint density at radius 1 is 0.810 bits per heavy atom. The van der Waals surface area contributed by atoms with Crippen molar-refractivity contribution in [1.82, 2.24) is 5.32 Å². The van der Waals surface area contributed by atoms with E-state index in [1.807, 2.05) is 24.3 Å². The minimum atomic E-state index is -0.138. The second-order valence-corrected chi connectivity index (χ2v) is 5.27. The van der Waals surface area contributed by atoms with E-state index in [1.165, 1.54) is 11.1 Å². The van der Waals surface area contributed by atoms with Crippen LogP contribution in [0.4, 0.5) is 0 Å². The first kappa shape index (κ1) is 15.3. The molecule has 0 saturated carbocycles. The third kappa shape index (κ3) is 3.93. The fraction of sp³-hybridized carbons (Fsp3) is 0.200. The summed E-state index contributed by atoms with van der Waals surface area (Å²) in [5.41, 5.74) is 2.42. The predicted molar refractivity (Wildman–Crippen MR) is 91.0 cm³/mol. The van der Waals surface area contributed by atoms with E-state index in [4.69, 9.17) is 0 Å². The molecule has 1 nitrogen and oxygen atoms in total. The Kier molecular flexibility index (Phi) is 5.53. The Hall–Kier alpha value is -2.12. The third-order valence-electron chi connectivity index (χ3n) is 3.79. The van der Waals surface area contributed by atoms with Crippen LogP contribution in [-0.2, 0) is 12.1 Å². The van der Waals surface area contributed by atoms with Gasteiger partial charge in [-0.1, -0.05) is 72.8 Å². The summed E-state index contributed by atoms with van der Waals surface area (Å²) in [6.07, 6.45) is 5.70. The van der Waals surface area contributed by atoms with Crippen molar-refractivity contribution >= 4 is 0 Å². The van der Waals surface area contributed by atoms with Gasteiger partial charge in [0.15, 0.2) is 0 Å². The van der Waals surface area contributed by atoms with Crippen molar-refractivity contribution in [3.05, 3.63) is 97.1 Å². The number of rotatable bonds is 8. The van der Waals surface area contributed by atoms with Crippen LogP contribution in [0.1, 0.15) is 24.0 Å². The van der Waals surface area contributed by atoms with Gasteiger partial charge in [-0.05, 0) is 24.0 Å². The largest absolute Gasteiger partial charge is 0.303 e. The van der Waals surface area contributed by atoms with Gasteiger partial charge in [-0.25, -0.2) is 0 Å². The lowest BCUT2D eigenvalue weighted by molar-refractivity contribution is 0.335. The summed E-state index contributed by atoms with van der Waals surface area (Å²) in [5, 5.41) is 3.73. The first-order valence-electron chi connectivity index (χ1n) is 7.37. The lowest BCUT2D eigenvalue weighted by Gasteiger charge is -2.34. The van der Waals surface area contributed by atoms with Gasteiger partial charge < -0.3 is 5.32 Å². The second-order valence-electron chi connectivity index (χ2n) is 5.27. The molecule has 0 saturated heterocycles. The first-order chi connectivity index (χ1) is 10.3. The van der Waals surface area contributed by atoms with Crippen molar-refractivity contribution in [2.45, 2.75) is 24.9 Å². The van der Waals surface area contributed by atoms with E-state index in [2.05, 4.69) is 67.0 Å². The van der Waals surface area contributed by atoms with Crippen molar-refractivity contribution in [3.8, 4) is 0 Å². The van der Waals surface area contributed by atoms with E-state index in [0.29, 0.717) is 0 Å². The molecule has 0 unspecified atom stereocenters. The second kappa shape index (κ2) is 7.61. The molecule has 0 aliphatic carbocycles. The predicted octanol–water partition coefficient (Wildman–Crippen LogP) is 4.82.